The highest BCUT2D eigenvalue weighted by Crippen LogP contribution is 2.41. The minimum absolute atomic E-state index is 0.0167. The van der Waals surface area contributed by atoms with Gasteiger partial charge in [-0.2, -0.15) is 0 Å². The zero-order valence-electron chi connectivity index (χ0n) is 17.9. The van der Waals surface area contributed by atoms with Gasteiger partial charge in [0.25, 0.3) is 24.8 Å². The summed E-state index contributed by atoms with van der Waals surface area (Å²) in [5, 5.41) is 8.50. The number of nitrogens with two attached hydrogens (primary N) is 1. The van der Waals surface area contributed by atoms with E-state index in [1.807, 2.05) is 16.8 Å². The molecule has 13 heteroatoms. The molecule has 1 aromatic carbocycles. The molecule has 2 saturated heterocycles. The normalized spacial score (nSPS) is 27.0. The van der Waals surface area contributed by atoms with Crippen molar-refractivity contribution in [2.24, 2.45) is 10.7 Å². The summed E-state index contributed by atoms with van der Waals surface area (Å²) in [5.74, 6) is -0.674. The molecule has 0 aliphatic carbocycles. The number of likely N-dealkylation sites (N-methyl/N-ethyl adjacent to an activating group) is 1. The summed E-state index contributed by atoms with van der Waals surface area (Å²) in [6.45, 7) is 1.70. The predicted octanol–water partition coefficient (Wildman–Crippen LogP) is -2.33. The topological polar surface area (TPSA) is 168 Å². The fraction of sp³-hybridized carbons (Fsp3) is 0.450. The summed E-state index contributed by atoms with van der Waals surface area (Å²) in [6, 6.07) is 6.80. The lowest BCUT2D eigenvalue weighted by Crippen LogP contribution is -2.77. The number of fused-ring (bicyclic) bond motifs is 1. The van der Waals surface area contributed by atoms with E-state index in [9.17, 15) is 19.2 Å². The molecule has 33 heavy (non-hydrogen) atoms. The SMILES string of the molecule is CN1C2CNC3N=C(N)NC(=O)C31N(c1ccc(C(=O)NC(CCOC=O)OC=O)cc1)C2. The average molecular weight is 459 g/mol. The van der Waals surface area contributed by atoms with Crippen LogP contribution in [0.5, 0.6) is 0 Å². The van der Waals surface area contributed by atoms with Gasteiger partial charge >= 0.3 is 0 Å². The highest BCUT2D eigenvalue weighted by atomic mass is 16.5. The number of hydrogen-bond donors (Lipinski definition) is 4. The van der Waals surface area contributed by atoms with Gasteiger partial charge in [-0.25, -0.2) is 4.99 Å². The van der Waals surface area contributed by atoms with E-state index in [-0.39, 0.29) is 43.9 Å². The second-order valence-electron chi connectivity index (χ2n) is 7.88. The van der Waals surface area contributed by atoms with E-state index in [0.717, 1.165) is 5.69 Å². The maximum Gasteiger partial charge on any atom is 0.295 e. The molecule has 4 atom stereocenters. The second kappa shape index (κ2) is 9.03. The van der Waals surface area contributed by atoms with Crippen molar-refractivity contribution in [2.45, 2.75) is 30.5 Å². The van der Waals surface area contributed by atoms with E-state index < -0.39 is 24.0 Å². The number of anilines is 1. The van der Waals surface area contributed by atoms with Crippen LogP contribution >= 0.6 is 0 Å². The van der Waals surface area contributed by atoms with Crippen LogP contribution < -0.4 is 26.6 Å². The molecule has 4 rings (SSSR count). The number of nitrogens with one attached hydrogen (secondary N) is 3. The Morgan fingerprint density at radius 3 is 2.82 bits per heavy atom. The third-order valence-corrected chi connectivity index (χ3v) is 6.18. The van der Waals surface area contributed by atoms with E-state index in [0.29, 0.717) is 18.7 Å². The summed E-state index contributed by atoms with van der Waals surface area (Å²) in [7, 11) is 1.89. The molecule has 176 valence electrons. The number of ether oxygens (including phenoxy) is 2. The molecule has 0 radical (unpaired) electrons. The first-order valence-electron chi connectivity index (χ1n) is 10.4. The van der Waals surface area contributed by atoms with Gasteiger partial charge in [0.15, 0.2) is 18.4 Å². The molecule has 2 amide bonds. The van der Waals surface area contributed by atoms with Gasteiger partial charge in [0, 0.05) is 36.8 Å². The molecular weight excluding hydrogens is 434 g/mol. The first-order valence-corrected chi connectivity index (χ1v) is 10.4. The summed E-state index contributed by atoms with van der Waals surface area (Å²) in [5.41, 5.74) is 5.76. The first-order chi connectivity index (χ1) is 15.9. The molecule has 1 aromatic rings. The van der Waals surface area contributed by atoms with E-state index in [4.69, 9.17) is 10.5 Å². The zero-order chi connectivity index (χ0) is 23.6. The molecule has 0 aromatic heterocycles. The third-order valence-electron chi connectivity index (χ3n) is 6.18. The van der Waals surface area contributed by atoms with Gasteiger partial charge in [-0.15, -0.1) is 0 Å². The Hall–Kier alpha value is -3.71. The fourth-order valence-electron chi connectivity index (χ4n) is 4.58. The summed E-state index contributed by atoms with van der Waals surface area (Å²) < 4.78 is 9.41. The smallest absolute Gasteiger partial charge is 0.295 e. The molecule has 3 aliphatic heterocycles. The van der Waals surface area contributed by atoms with Crippen molar-refractivity contribution in [3.05, 3.63) is 29.8 Å². The van der Waals surface area contributed by atoms with E-state index in [2.05, 4.69) is 25.7 Å². The highest BCUT2D eigenvalue weighted by molar-refractivity contribution is 6.05. The minimum Gasteiger partial charge on any atom is -0.468 e. The van der Waals surface area contributed by atoms with Crippen LogP contribution in [0.3, 0.4) is 0 Å². The van der Waals surface area contributed by atoms with Crippen molar-refractivity contribution in [3.63, 3.8) is 0 Å². The lowest BCUT2D eigenvalue weighted by molar-refractivity contribution is -0.137. The van der Waals surface area contributed by atoms with E-state index >= 15 is 0 Å². The van der Waals surface area contributed by atoms with E-state index in [1.54, 1.807) is 24.3 Å². The van der Waals surface area contributed by atoms with Crippen LogP contribution in [0.15, 0.2) is 29.3 Å². The number of amides is 2. The number of rotatable bonds is 9. The monoisotopic (exact) mass is 459 g/mol. The largest absolute Gasteiger partial charge is 0.468 e. The Bertz CT molecular complexity index is 970. The summed E-state index contributed by atoms with van der Waals surface area (Å²) >= 11 is 0. The number of nitrogens with zero attached hydrogens (tertiary/aromatic N) is 3. The van der Waals surface area contributed by atoms with Crippen molar-refractivity contribution in [1.82, 2.24) is 20.9 Å². The minimum atomic E-state index is -1.09. The van der Waals surface area contributed by atoms with Crippen LogP contribution in [-0.4, -0.2) is 86.5 Å². The molecule has 2 fully saturated rings. The second-order valence-corrected chi connectivity index (χ2v) is 7.88. The van der Waals surface area contributed by atoms with Crippen LogP contribution in [0.25, 0.3) is 0 Å². The van der Waals surface area contributed by atoms with Crippen LogP contribution in [-0.2, 0) is 23.9 Å². The van der Waals surface area contributed by atoms with E-state index in [1.165, 1.54) is 0 Å². The number of carbonyl (C=O) groups excluding carboxylic acids is 4. The maximum absolute atomic E-state index is 13.1. The van der Waals surface area contributed by atoms with Crippen LogP contribution in [0.1, 0.15) is 16.8 Å². The number of carbonyl (C=O) groups is 4. The van der Waals surface area contributed by atoms with Gasteiger partial charge in [-0.3, -0.25) is 34.7 Å². The number of aliphatic imine (C=N–C) groups is 1. The van der Waals surface area contributed by atoms with Crippen molar-refractivity contribution in [1.29, 1.82) is 0 Å². The number of guanidine groups is 1. The maximum atomic E-state index is 13.1. The van der Waals surface area contributed by atoms with Gasteiger partial charge in [0.2, 0.25) is 5.66 Å². The van der Waals surface area contributed by atoms with Crippen molar-refractivity contribution in [2.75, 3.05) is 31.6 Å². The van der Waals surface area contributed by atoms with Crippen molar-refractivity contribution in [3.8, 4) is 0 Å². The Morgan fingerprint density at radius 1 is 1.36 bits per heavy atom. The lowest BCUT2D eigenvalue weighted by atomic mass is 9.98. The van der Waals surface area contributed by atoms with Crippen molar-refractivity contribution >= 4 is 36.4 Å². The van der Waals surface area contributed by atoms with Gasteiger partial charge < -0.3 is 25.4 Å². The third kappa shape index (κ3) is 3.85. The molecule has 0 saturated carbocycles. The summed E-state index contributed by atoms with van der Waals surface area (Å²) in [4.78, 5) is 55.1. The standard InChI is InChI=1S/C20H25N7O6/c1-26-14-8-22-17-20(26,18(31)25-19(21)24-17)27(9-14)13-4-2-12(3-5-13)16(30)23-15(33-11-29)6-7-32-10-28/h2-5,10-11,14-15,17,22H,6-9H2,1H3,(H,23,30)(H3,21,24,25,31). The molecule has 4 unspecified atom stereocenters. The average Bonchev–Trinajstić information content (AvgIpc) is 2.96. The van der Waals surface area contributed by atoms with Gasteiger partial charge in [0.05, 0.1) is 6.61 Å². The Balaban J connectivity index is 1.53. The number of hydrogen-bond acceptors (Lipinski definition) is 11. The first kappa shape index (κ1) is 22.5. The Morgan fingerprint density at radius 2 is 2.12 bits per heavy atom. The molecular formula is C20H25N7O6. The molecule has 2 bridgehead atoms. The van der Waals surface area contributed by atoms with Gasteiger partial charge in [-0.05, 0) is 31.3 Å². The quantitative estimate of drug-likeness (QED) is 0.179. The fourth-order valence-corrected chi connectivity index (χ4v) is 4.58. The Labute approximate surface area is 189 Å². The highest BCUT2D eigenvalue weighted by Gasteiger charge is 2.64. The molecule has 3 heterocycles. The van der Waals surface area contributed by atoms with Crippen LogP contribution in [0, 0.1) is 0 Å². The number of piperazine rings is 1. The van der Waals surface area contributed by atoms with Gasteiger partial charge in [0.1, 0.15) is 0 Å². The Kier molecular flexibility index (Phi) is 6.16. The molecule has 1 spiro atoms. The number of benzene rings is 1. The summed E-state index contributed by atoms with van der Waals surface area (Å²) in [6.07, 6.45) is -1.38. The van der Waals surface area contributed by atoms with Gasteiger partial charge in [-0.1, -0.05) is 0 Å². The molecule has 3 aliphatic rings. The molecule has 5 N–H and O–H groups in total. The lowest BCUT2D eigenvalue weighted by Gasteiger charge is -2.49. The molecule has 13 nitrogen and oxygen atoms in total. The zero-order valence-corrected chi connectivity index (χ0v) is 17.9. The van der Waals surface area contributed by atoms with Crippen LogP contribution in [0.4, 0.5) is 5.69 Å². The predicted molar refractivity (Wildman–Crippen MR) is 115 cm³/mol. The van der Waals surface area contributed by atoms with Crippen LogP contribution in [0.2, 0.25) is 0 Å². The van der Waals surface area contributed by atoms with Crippen molar-refractivity contribution < 1.29 is 28.7 Å².